The van der Waals surface area contributed by atoms with Gasteiger partial charge in [0.1, 0.15) is 0 Å². The number of rotatable bonds is 6. The van der Waals surface area contributed by atoms with Crippen LogP contribution in [0, 0.1) is 16.7 Å². The molecule has 27 heavy (non-hydrogen) atoms. The third-order valence-electron chi connectivity index (χ3n) is 4.84. The molecule has 0 saturated heterocycles. The number of nitrogens with two attached hydrogens (primary N) is 1. The molecule has 0 spiro atoms. The summed E-state index contributed by atoms with van der Waals surface area (Å²) in [6, 6.07) is 6.81. The van der Waals surface area contributed by atoms with Crippen molar-refractivity contribution in [2.75, 3.05) is 18.1 Å². The molecule has 0 fully saturated rings. The largest absolute Gasteiger partial charge is 0.472 e. The number of hydrogen-bond acceptors (Lipinski definition) is 6. The maximum absolute atomic E-state index is 12.7. The van der Waals surface area contributed by atoms with Crippen LogP contribution in [-0.4, -0.2) is 24.9 Å². The lowest BCUT2D eigenvalue weighted by Gasteiger charge is -2.25. The van der Waals surface area contributed by atoms with Gasteiger partial charge in [-0.3, -0.25) is 10.2 Å². The summed E-state index contributed by atoms with van der Waals surface area (Å²) in [5.41, 5.74) is 10.4. The van der Waals surface area contributed by atoms with E-state index < -0.39 is 0 Å². The predicted molar refractivity (Wildman–Crippen MR) is 106 cm³/mol. The number of furan rings is 1. The molecule has 1 aliphatic rings. The molecule has 7 nitrogen and oxygen atoms in total. The Kier molecular flexibility index (Phi) is 5.40. The Morgan fingerprint density at radius 3 is 2.85 bits per heavy atom. The van der Waals surface area contributed by atoms with E-state index in [0.717, 1.165) is 24.1 Å². The van der Waals surface area contributed by atoms with E-state index in [4.69, 9.17) is 21.0 Å². The molecule has 1 amide bonds. The first-order valence-electron chi connectivity index (χ1n) is 8.75. The van der Waals surface area contributed by atoms with Crippen molar-refractivity contribution >= 4 is 29.2 Å². The van der Waals surface area contributed by atoms with Gasteiger partial charge in [0.05, 0.1) is 18.2 Å². The second-order valence-corrected chi connectivity index (χ2v) is 6.52. The number of carbonyl (C=O) groups is 1. The average molecular weight is 365 g/mol. The highest BCUT2D eigenvalue weighted by atomic mass is 16.3. The van der Waals surface area contributed by atoms with Crippen molar-refractivity contribution in [3.05, 3.63) is 59.2 Å². The Morgan fingerprint density at radius 2 is 2.19 bits per heavy atom. The van der Waals surface area contributed by atoms with Gasteiger partial charge in [0.25, 0.3) is 0 Å². The third kappa shape index (κ3) is 3.92. The van der Waals surface area contributed by atoms with Crippen LogP contribution in [-0.2, 0) is 4.79 Å². The highest BCUT2D eigenvalue weighted by molar-refractivity contribution is 6.14. The smallest absolute Gasteiger partial charge is 0.227 e. The number of allylic oxidation sites excluding steroid dienone is 2. The van der Waals surface area contributed by atoms with E-state index in [1.54, 1.807) is 24.3 Å². The van der Waals surface area contributed by atoms with Crippen LogP contribution in [0.25, 0.3) is 0 Å². The summed E-state index contributed by atoms with van der Waals surface area (Å²) in [6.07, 6.45) is 6.32. The van der Waals surface area contributed by atoms with E-state index in [1.807, 2.05) is 7.05 Å². The molecule has 6 N–H and O–H groups in total. The quantitative estimate of drug-likeness (QED) is 0.398. The lowest BCUT2D eigenvalue weighted by molar-refractivity contribution is -0.120. The van der Waals surface area contributed by atoms with E-state index in [-0.39, 0.29) is 17.5 Å². The second kappa shape index (κ2) is 7.90. The van der Waals surface area contributed by atoms with Crippen molar-refractivity contribution in [3.63, 3.8) is 0 Å². The molecule has 2 aromatic rings. The highest BCUT2D eigenvalue weighted by Crippen LogP contribution is 2.29. The topological polar surface area (TPSA) is 128 Å². The van der Waals surface area contributed by atoms with Crippen molar-refractivity contribution < 1.29 is 9.21 Å². The van der Waals surface area contributed by atoms with Gasteiger partial charge in [-0.05, 0) is 49.1 Å². The summed E-state index contributed by atoms with van der Waals surface area (Å²) in [5.74, 6) is -0.275. The molecule has 0 radical (unpaired) electrons. The van der Waals surface area contributed by atoms with Crippen LogP contribution < -0.4 is 16.4 Å². The van der Waals surface area contributed by atoms with E-state index in [9.17, 15) is 4.79 Å². The minimum atomic E-state index is -0.187. The monoisotopic (exact) mass is 365 g/mol. The summed E-state index contributed by atoms with van der Waals surface area (Å²) < 4.78 is 5.03. The van der Waals surface area contributed by atoms with Gasteiger partial charge in [-0.25, -0.2) is 0 Å². The number of anilines is 2. The number of benzene rings is 1. The summed E-state index contributed by atoms with van der Waals surface area (Å²) in [4.78, 5) is 12.7. The molecule has 0 aliphatic heterocycles. The zero-order chi connectivity index (χ0) is 19.4. The van der Waals surface area contributed by atoms with Crippen LogP contribution in [0.1, 0.15) is 30.4 Å². The van der Waals surface area contributed by atoms with Crippen LogP contribution in [0.15, 0.2) is 52.5 Å². The fourth-order valence-electron chi connectivity index (χ4n) is 3.28. The molecule has 0 bridgehead atoms. The second-order valence-electron chi connectivity index (χ2n) is 6.52. The van der Waals surface area contributed by atoms with Crippen LogP contribution in [0.4, 0.5) is 11.4 Å². The van der Waals surface area contributed by atoms with Gasteiger partial charge >= 0.3 is 0 Å². The molecule has 1 heterocycles. The lowest BCUT2D eigenvalue weighted by Crippen LogP contribution is -2.28. The summed E-state index contributed by atoms with van der Waals surface area (Å²) in [6.45, 7) is 0. The fraction of sp³-hybridized carbons (Fsp3) is 0.250. The Morgan fingerprint density at radius 1 is 1.37 bits per heavy atom. The number of nitrogen functional groups attached to an aromatic ring is 1. The normalized spacial score (nSPS) is 16.7. The van der Waals surface area contributed by atoms with Gasteiger partial charge in [0.2, 0.25) is 5.91 Å². The molecular weight excluding hydrogens is 342 g/mol. The van der Waals surface area contributed by atoms with E-state index in [2.05, 4.69) is 10.6 Å². The first kappa shape index (κ1) is 18.4. The van der Waals surface area contributed by atoms with Gasteiger partial charge in [-0.1, -0.05) is 0 Å². The fourth-order valence-corrected chi connectivity index (χ4v) is 3.28. The standard InChI is InChI=1S/C20H23N5O2/c1-24-18-5-2-12(8-14(18)10-21)20(26)25-15-3-4-17(22)16(9-15)19(23)13-6-7-27-11-13/h3-4,6-7,9-12,21,23-24H,2,5,8,22H2,1H3,(H,25,26). The predicted octanol–water partition coefficient (Wildman–Crippen LogP) is 3.14. The minimum Gasteiger partial charge on any atom is -0.472 e. The molecule has 0 saturated carbocycles. The van der Waals surface area contributed by atoms with Crippen LogP contribution >= 0.6 is 0 Å². The lowest BCUT2D eigenvalue weighted by atomic mass is 9.86. The zero-order valence-corrected chi connectivity index (χ0v) is 15.1. The molecule has 140 valence electrons. The zero-order valence-electron chi connectivity index (χ0n) is 15.1. The maximum Gasteiger partial charge on any atom is 0.227 e. The number of carbonyl (C=O) groups excluding carboxylic acids is 1. The molecule has 1 unspecified atom stereocenters. The molecule has 1 aromatic carbocycles. The van der Waals surface area contributed by atoms with Crippen molar-refractivity contribution in [3.8, 4) is 0 Å². The molecular formula is C20H23N5O2. The molecule has 1 aromatic heterocycles. The Bertz CT molecular complexity index is 899. The Hall–Kier alpha value is -3.35. The van der Waals surface area contributed by atoms with Gasteiger partial charge in [-0.2, -0.15) is 0 Å². The van der Waals surface area contributed by atoms with Crippen LogP contribution in [0.2, 0.25) is 0 Å². The van der Waals surface area contributed by atoms with Crippen LogP contribution in [0.3, 0.4) is 0 Å². The van der Waals surface area contributed by atoms with Crippen molar-refractivity contribution in [2.45, 2.75) is 19.3 Å². The van der Waals surface area contributed by atoms with E-state index >= 15 is 0 Å². The maximum atomic E-state index is 12.7. The Balaban J connectivity index is 1.75. The average Bonchev–Trinajstić information content (AvgIpc) is 3.23. The molecule has 1 aliphatic carbocycles. The van der Waals surface area contributed by atoms with Crippen LogP contribution in [0.5, 0.6) is 0 Å². The van der Waals surface area contributed by atoms with Crippen molar-refractivity contribution in [2.24, 2.45) is 5.92 Å². The summed E-state index contributed by atoms with van der Waals surface area (Å²) >= 11 is 0. The summed E-state index contributed by atoms with van der Waals surface area (Å²) in [7, 11) is 1.84. The van der Waals surface area contributed by atoms with Gasteiger partial charge < -0.3 is 26.2 Å². The van der Waals surface area contributed by atoms with Crippen molar-refractivity contribution in [1.29, 1.82) is 10.8 Å². The van der Waals surface area contributed by atoms with E-state index in [1.165, 1.54) is 18.7 Å². The summed E-state index contributed by atoms with van der Waals surface area (Å²) in [5, 5.41) is 21.9. The van der Waals surface area contributed by atoms with Gasteiger partial charge in [-0.15, -0.1) is 0 Å². The highest BCUT2D eigenvalue weighted by Gasteiger charge is 2.25. The molecule has 7 heteroatoms. The van der Waals surface area contributed by atoms with Crippen molar-refractivity contribution in [1.82, 2.24) is 5.32 Å². The molecule has 1 atom stereocenters. The number of hydrogen-bond donors (Lipinski definition) is 5. The number of amides is 1. The SMILES string of the molecule is CNC1=C(C=N)CC(C(=O)Nc2ccc(N)c(C(=N)c3ccoc3)c2)CC1. The van der Waals surface area contributed by atoms with Gasteiger partial charge in [0, 0.05) is 47.4 Å². The van der Waals surface area contributed by atoms with E-state index in [0.29, 0.717) is 28.9 Å². The Labute approximate surface area is 157 Å². The van der Waals surface area contributed by atoms with Gasteiger partial charge in [0.15, 0.2) is 0 Å². The number of nitrogens with one attached hydrogen (secondary N) is 4. The minimum absolute atomic E-state index is 0.0879. The first-order valence-corrected chi connectivity index (χ1v) is 8.75. The molecule has 3 rings (SSSR count). The third-order valence-corrected chi connectivity index (χ3v) is 4.84. The first-order chi connectivity index (χ1) is 13.0.